The minimum atomic E-state index is -3.83. The molecule has 1 atom stereocenters. The molecule has 0 bridgehead atoms. The van der Waals surface area contributed by atoms with Gasteiger partial charge in [0.25, 0.3) is 0 Å². The molecule has 128 valence electrons. The number of hydrogen-bond acceptors (Lipinski definition) is 4. The summed E-state index contributed by atoms with van der Waals surface area (Å²) >= 11 is 0. The molecule has 23 heavy (non-hydrogen) atoms. The zero-order chi connectivity index (χ0) is 17.6. The molecule has 1 aromatic carbocycles. The van der Waals surface area contributed by atoms with Gasteiger partial charge < -0.3 is 10.4 Å². The lowest BCUT2D eigenvalue weighted by atomic mass is 10.2. The van der Waals surface area contributed by atoms with Gasteiger partial charge in [-0.15, -0.1) is 0 Å². The van der Waals surface area contributed by atoms with E-state index in [4.69, 9.17) is 5.11 Å². The fourth-order valence-corrected chi connectivity index (χ4v) is 3.84. The first-order valence-corrected chi connectivity index (χ1v) is 8.76. The van der Waals surface area contributed by atoms with Crippen LogP contribution in [0.15, 0.2) is 24.3 Å². The van der Waals surface area contributed by atoms with Crippen molar-refractivity contribution in [2.45, 2.75) is 32.6 Å². The highest BCUT2D eigenvalue weighted by atomic mass is 32.2. The number of amides is 1. The zero-order valence-electron chi connectivity index (χ0n) is 13.4. The molecule has 0 saturated carbocycles. The van der Waals surface area contributed by atoms with Crippen LogP contribution >= 0.6 is 0 Å². The number of rotatable bonds is 8. The SMILES string of the molecule is CC(=O)NCCN(C(C)C(=O)O)S(=O)(=O)Cc1cccc(C)c1. The normalized spacial score (nSPS) is 12.9. The first-order valence-electron chi connectivity index (χ1n) is 7.16. The first-order chi connectivity index (χ1) is 10.6. The van der Waals surface area contributed by atoms with Gasteiger partial charge in [0.15, 0.2) is 0 Å². The number of carbonyl (C=O) groups excluding carboxylic acids is 1. The summed E-state index contributed by atoms with van der Waals surface area (Å²) in [6, 6.07) is 5.82. The Morgan fingerprint density at radius 2 is 2.00 bits per heavy atom. The molecule has 1 unspecified atom stereocenters. The average molecular weight is 342 g/mol. The van der Waals surface area contributed by atoms with Crippen LogP contribution in [0.5, 0.6) is 0 Å². The maximum atomic E-state index is 12.6. The van der Waals surface area contributed by atoms with Gasteiger partial charge in [0.05, 0.1) is 5.75 Å². The molecule has 7 nitrogen and oxygen atoms in total. The minimum Gasteiger partial charge on any atom is -0.480 e. The number of carbonyl (C=O) groups is 2. The summed E-state index contributed by atoms with van der Waals surface area (Å²) in [6.45, 7) is 4.43. The highest BCUT2D eigenvalue weighted by molar-refractivity contribution is 7.88. The maximum absolute atomic E-state index is 12.6. The lowest BCUT2D eigenvalue weighted by molar-refractivity contribution is -0.140. The second-order valence-corrected chi connectivity index (χ2v) is 7.27. The molecule has 0 aromatic heterocycles. The lowest BCUT2D eigenvalue weighted by Crippen LogP contribution is -2.47. The zero-order valence-corrected chi connectivity index (χ0v) is 14.3. The number of benzene rings is 1. The van der Waals surface area contributed by atoms with Crippen LogP contribution in [0.1, 0.15) is 25.0 Å². The molecule has 0 fully saturated rings. The second kappa shape index (κ2) is 8.07. The lowest BCUT2D eigenvalue weighted by Gasteiger charge is -2.25. The Morgan fingerprint density at radius 3 is 2.52 bits per heavy atom. The number of aliphatic carboxylic acids is 1. The number of hydrogen-bond donors (Lipinski definition) is 2. The Kier molecular flexibility index (Phi) is 6.71. The van der Waals surface area contributed by atoms with Crippen molar-refractivity contribution < 1.29 is 23.1 Å². The van der Waals surface area contributed by atoms with E-state index in [1.54, 1.807) is 18.2 Å². The van der Waals surface area contributed by atoms with E-state index in [0.717, 1.165) is 9.87 Å². The standard InChI is InChI=1S/C15H22N2O5S/c1-11-5-4-6-14(9-11)10-23(21,22)17(12(2)15(19)20)8-7-16-13(3)18/h4-6,9,12H,7-8,10H2,1-3H3,(H,16,18)(H,19,20). The van der Waals surface area contributed by atoms with Crippen LogP contribution in [-0.2, 0) is 25.4 Å². The van der Waals surface area contributed by atoms with Crippen molar-refractivity contribution in [3.05, 3.63) is 35.4 Å². The van der Waals surface area contributed by atoms with Gasteiger partial charge in [-0.3, -0.25) is 9.59 Å². The molecule has 0 saturated heterocycles. The van der Waals surface area contributed by atoms with Crippen molar-refractivity contribution in [3.63, 3.8) is 0 Å². The van der Waals surface area contributed by atoms with Gasteiger partial charge in [-0.1, -0.05) is 29.8 Å². The van der Waals surface area contributed by atoms with Gasteiger partial charge in [-0.05, 0) is 19.4 Å². The number of carboxylic acids is 1. The number of nitrogens with one attached hydrogen (secondary N) is 1. The van der Waals surface area contributed by atoms with Gasteiger partial charge in [0.2, 0.25) is 15.9 Å². The Labute approximate surface area is 136 Å². The molecule has 0 heterocycles. The molecule has 0 aliphatic rings. The van der Waals surface area contributed by atoms with E-state index >= 15 is 0 Å². The van der Waals surface area contributed by atoms with Crippen molar-refractivity contribution >= 4 is 21.9 Å². The average Bonchev–Trinajstić information content (AvgIpc) is 2.41. The van der Waals surface area contributed by atoms with E-state index in [2.05, 4.69) is 5.32 Å². The van der Waals surface area contributed by atoms with Crippen LogP contribution in [0.3, 0.4) is 0 Å². The monoisotopic (exact) mass is 342 g/mol. The van der Waals surface area contributed by atoms with E-state index in [1.165, 1.54) is 13.8 Å². The highest BCUT2D eigenvalue weighted by Crippen LogP contribution is 2.15. The van der Waals surface area contributed by atoms with E-state index in [1.807, 2.05) is 13.0 Å². The van der Waals surface area contributed by atoms with Crippen molar-refractivity contribution in [1.82, 2.24) is 9.62 Å². The van der Waals surface area contributed by atoms with Crippen LogP contribution < -0.4 is 5.32 Å². The van der Waals surface area contributed by atoms with Crippen LogP contribution in [-0.4, -0.2) is 48.8 Å². The summed E-state index contributed by atoms with van der Waals surface area (Å²) < 4.78 is 26.1. The number of sulfonamides is 1. The molecular formula is C15H22N2O5S. The molecule has 0 aliphatic heterocycles. The van der Waals surface area contributed by atoms with E-state index in [0.29, 0.717) is 5.56 Å². The van der Waals surface area contributed by atoms with E-state index in [-0.39, 0.29) is 24.7 Å². The van der Waals surface area contributed by atoms with Crippen LogP contribution in [0, 0.1) is 6.92 Å². The first kappa shape index (κ1) is 19.1. The fraction of sp³-hybridized carbons (Fsp3) is 0.467. The number of aryl methyl sites for hydroxylation is 1. The maximum Gasteiger partial charge on any atom is 0.321 e. The van der Waals surface area contributed by atoms with Gasteiger partial charge in [0, 0.05) is 20.0 Å². The Hall–Kier alpha value is -1.93. The van der Waals surface area contributed by atoms with E-state index in [9.17, 15) is 18.0 Å². The van der Waals surface area contributed by atoms with Gasteiger partial charge in [-0.2, -0.15) is 4.31 Å². The van der Waals surface area contributed by atoms with E-state index < -0.39 is 22.0 Å². The predicted molar refractivity (Wildman–Crippen MR) is 86.3 cm³/mol. The van der Waals surface area contributed by atoms with Crippen molar-refractivity contribution in [2.24, 2.45) is 0 Å². The number of carboxylic acid groups (broad SMARTS) is 1. The molecule has 1 aromatic rings. The predicted octanol–water partition coefficient (Wildman–Crippen LogP) is 0.736. The Morgan fingerprint density at radius 1 is 1.35 bits per heavy atom. The summed E-state index contributed by atoms with van der Waals surface area (Å²) in [6.07, 6.45) is 0. The van der Waals surface area contributed by atoms with Gasteiger partial charge in [-0.25, -0.2) is 8.42 Å². The number of nitrogens with zero attached hydrogens (tertiary/aromatic N) is 1. The smallest absolute Gasteiger partial charge is 0.321 e. The summed E-state index contributed by atoms with van der Waals surface area (Å²) in [5, 5.41) is 11.6. The molecule has 2 N–H and O–H groups in total. The van der Waals surface area contributed by atoms with Crippen LogP contribution in [0.2, 0.25) is 0 Å². The minimum absolute atomic E-state index is 0.0556. The third-order valence-corrected chi connectivity index (χ3v) is 5.20. The Balaban J connectivity index is 2.97. The summed E-state index contributed by atoms with van der Waals surface area (Å²) in [5.74, 6) is -1.82. The molecule has 8 heteroatoms. The molecule has 1 amide bonds. The van der Waals surface area contributed by atoms with Crippen molar-refractivity contribution in [3.8, 4) is 0 Å². The molecule has 0 radical (unpaired) electrons. The third kappa shape index (κ3) is 5.99. The fourth-order valence-electron chi connectivity index (χ4n) is 2.13. The molecule has 1 rings (SSSR count). The van der Waals surface area contributed by atoms with Crippen LogP contribution in [0.25, 0.3) is 0 Å². The molecule has 0 spiro atoms. The summed E-state index contributed by atoms with van der Waals surface area (Å²) in [4.78, 5) is 22.1. The Bertz CT molecular complexity index is 672. The third-order valence-electron chi connectivity index (χ3n) is 3.28. The van der Waals surface area contributed by atoms with Gasteiger partial charge >= 0.3 is 5.97 Å². The summed E-state index contributed by atoms with van der Waals surface area (Å²) in [7, 11) is -3.83. The highest BCUT2D eigenvalue weighted by Gasteiger charge is 2.31. The topological polar surface area (TPSA) is 104 Å². The second-order valence-electron chi connectivity index (χ2n) is 5.35. The van der Waals surface area contributed by atoms with Crippen molar-refractivity contribution in [1.29, 1.82) is 0 Å². The quantitative estimate of drug-likeness (QED) is 0.725. The summed E-state index contributed by atoms with van der Waals surface area (Å²) in [5.41, 5.74) is 1.51. The molecular weight excluding hydrogens is 320 g/mol. The van der Waals surface area contributed by atoms with Crippen molar-refractivity contribution in [2.75, 3.05) is 13.1 Å². The van der Waals surface area contributed by atoms with Crippen LogP contribution in [0.4, 0.5) is 0 Å². The largest absolute Gasteiger partial charge is 0.480 e. The van der Waals surface area contributed by atoms with Gasteiger partial charge in [0.1, 0.15) is 6.04 Å². The molecule has 0 aliphatic carbocycles.